The van der Waals surface area contributed by atoms with Crippen molar-refractivity contribution >= 4 is 34.1 Å². The second kappa shape index (κ2) is 17.0. The second-order valence-corrected chi connectivity index (χ2v) is 11.5. The Bertz CT molecular complexity index is 1110. The molecular weight excluding hydrogens is 505 g/mol. The van der Waals surface area contributed by atoms with Crippen LogP contribution in [0, 0.1) is 0 Å². The molecule has 0 amide bonds. The lowest BCUT2D eigenvalue weighted by Gasteiger charge is -2.25. The molecule has 0 N–H and O–H groups in total. The molecule has 4 heteroatoms. The lowest BCUT2D eigenvalue weighted by molar-refractivity contribution is -0.143. The lowest BCUT2D eigenvalue weighted by Crippen LogP contribution is -2.10. The van der Waals surface area contributed by atoms with Crippen LogP contribution in [0.4, 0.5) is 0 Å². The summed E-state index contributed by atoms with van der Waals surface area (Å²) in [4.78, 5) is 12.3. The molecule has 3 aromatic carbocycles. The molecule has 0 bridgehead atoms. The maximum atomic E-state index is 12.3. The molecule has 2 nitrogen and oxygen atoms in total. The van der Waals surface area contributed by atoms with Gasteiger partial charge in [0, 0.05) is 11.7 Å². The zero-order valence-corrected chi connectivity index (χ0v) is 24.2. The van der Waals surface area contributed by atoms with E-state index in [0.29, 0.717) is 18.9 Å². The average molecular weight is 545 g/mol. The number of carbonyl (C=O) groups excluding carboxylic acids is 1. The Morgan fingerprint density at radius 3 is 2.29 bits per heavy atom. The van der Waals surface area contributed by atoms with E-state index in [1.54, 1.807) is 11.8 Å². The summed E-state index contributed by atoms with van der Waals surface area (Å²) in [7, 11) is 0. The fraction of sp³-hybridized carbons (Fsp3) is 0.353. The number of hydrogen-bond acceptors (Lipinski definition) is 4. The first-order chi connectivity index (χ1) is 18.6. The molecule has 200 valence electrons. The third-order valence-electron chi connectivity index (χ3n) is 6.71. The molecule has 2 unspecified atom stereocenters. The Labute approximate surface area is 238 Å². The van der Waals surface area contributed by atoms with Crippen LogP contribution >= 0.6 is 24.0 Å². The minimum Gasteiger partial charge on any atom is -0.466 e. The van der Waals surface area contributed by atoms with E-state index in [0.717, 1.165) is 54.7 Å². The maximum Gasteiger partial charge on any atom is 0.305 e. The molecule has 0 heterocycles. The Morgan fingerprint density at radius 2 is 1.63 bits per heavy atom. The number of ether oxygens (including phenoxy) is 1. The summed E-state index contributed by atoms with van der Waals surface area (Å²) in [6.07, 6.45) is 9.04. The molecule has 0 aliphatic heterocycles. The third kappa shape index (κ3) is 10.2. The number of unbranched alkanes of at least 4 members (excludes halogenated alkanes) is 1. The highest BCUT2D eigenvalue weighted by Crippen LogP contribution is 2.41. The van der Waals surface area contributed by atoms with Crippen molar-refractivity contribution in [3.8, 4) is 0 Å². The van der Waals surface area contributed by atoms with E-state index < -0.39 is 0 Å². The summed E-state index contributed by atoms with van der Waals surface area (Å²) in [6.45, 7) is 6.47. The van der Waals surface area contributed by atoms with Crippen molar-refractivity contribution < 1.29 is 9.53 Å². The summed E-state index contributed by atoms with van der Waals surface area (Å²) >= 11 is 7.66. The Hall–Kier alpha value is -2.69. The van der Waals surface area contributed by atoms with Gasteiger partial charge >= 0.3 is 5.97 Å². The van der Waals surface area contributed by atoms with E-state index in [-0.39, 0.29) is 11.2 Å². The number of benzene rings is 3. The number of allylic oxidation sites excluding steroid dienone is 1. The number of thioether (sulfide) groups is 1. The lowest BCUT2D eigenvalue weighted by atomic mass is 9.87. The molecule has 0 fully saturated rings. The van der Waals surface area contributed by atoms with Crippen molar-refractivity contribution in [2.75, 3.05) is 6.61 Å². The van der Waals surface area contributed by atoms with Crippen LogP contribution < -0.4 is 0 Å². The molecule has 0 saturated carbocycles. The average Bonchev–Trinajstić information content (AvgIpc) is 2.96. The highest BCUT2D eigenvalue weighted by Gasteiger charge is 2.23. The van der Waals surface area contributed by atoms with Crippen molar-refractivity contribution in [2.45, 2.75) is 69.5 Å². The van der Waals surface area contributed by atoms with Crippen LogP contribution in [0.15, 0.2) is 97.6 Å². The minimum atomic E-state index is -0.0868. The smallest absolute Gasteiger partial charge is 0.305 e. The van der Waals surface area contributed by atoms with Crippen molar-refractivity contribution in [1.29, 1.82) is 0 Å². The highest BCUT2D eigenvalue weighted by molar-refractivity contribution is 8.23. The minimum absolute atomic E-state index is 0.0868. The van der Waals surface area contributed by atoms with Crippen LogP contribution in [0.3, 0.4) is 0 Å². The van der Waals surface area contributed by atoms with Crippen LogP contribution in [-0.2, 0) is 16.0 Å². The maximum absolute atomic E-state index is 12.3. The van der Waals surface area contributed by atoms with E-state index in [1.807, 2.05) is 24.3 Å². The monoisotopic (exact) mass is 544 g/mol. The predicted molar refractivity (Wildman–Crippen MR) is 167 cm³/mol. The van der Waals surface area contributed by atoms with Gasteiger partial charge < -0.3 is 4.74 Å². The van der Waals surface area contributed by atoms with Gasteiger partial charge in [0.15, 0.2) is 0 Å². The van der Waals surface area contributed by atoms with Crippen molar-refractivity contribution in [2.24, 2.45) is 0 Å². The molecule has 0 spiro atoms. The third-order valence-corrected chi connectivity index (χ3v) is 8.43. The van der Waals surface area contributed by atoms with E-state index in [1.165, 1.54) is 16.7 Å². The number of carbonyl (C=O) groups is 1. The summed E-state index contributed by atoms with van der Waals surface area (Å²) in [5, 5.41) is 0.214. The van der Waals surface area contributed by atoms with Crippen LogP contribution in [0.5, 0.6) is 0 Å². The topological polar surface area (TPSA) is 26.3 Å². The fourth-order valence-corrected chi connectivity index (χ4v) is 6.13. The van der Waals surface area contributed by atoms with Gasteiger partial charge in [-0.15, -0.1) is 18.3 Å². The van der Waals surface area contributed by atoms with Gasteiger partial charge in [-0.2, -0.15) is 0 Å². The summed E-state index contributed by atoms with van der Waals surface area (Å²) in [6, 6.07) is 29.9. The normalized spacial score (nSPS) is 12.4. The molecule has 0 aliphatic rings. The van der Waals surface area contributed by atoms with Gasteiger partial charge in [0.25, 0.3) is 0 Å². The molecule has 3 rings (SSSR count). The Morgan fingerprint density at radius 1 is 0.947 bits per heavy atom. The molecule has 3 aromatic rings. The summed E-state index contributed by atoms with van der Waals surface area (Å²) in [5.74, 6) is 0.222. The van der Waals surface area contributed by atoms with E-state index in [4.69, 9.17) is 17.0 Å². The Balaban J connectivity index is 1.78. The predicted octanol–water partition coefficient (Wildman–Crippen LogP) is 9.64. The quantitative estimate of drug-likeness (QED) is 0.0776. The zero-order chi connectivity index (χ0) is 27.0. The standard InChI is InChI=1S/C34H40O2S2/c1-3-5-14-27-21-23-28(24-22-27)31(19-13-20-33(35)36-25-6-4-2)26-32(29-15-9-7-10-16-29)38-34(37)30-17-11-8-12-18-30/h3,7-12,15-18,21-24,31-32H,1,4-6,13-14,19-20,25-26H2,2H3. The zero-order valence-electron chi connectivity index (χ0n) is 22.5. The van der Waals surface area contributed by atoms with Gasteiger partial charge in [0.2, 0.25) is 0 Å². The fourth-order valence-electron chi connectivity index (χ4n) is 4.49. The van der Waals surface area contributed by atoms with Crippen LogP contribution in [0.2, 0.25) is 0 Å². The highest BCUT2D eigenvalue weighted by atomic mass is 32.2. The van der Waals surface area contributed by atoms with Crippen molar-refractivity contribution in [3.05, 3.63) is 120 Å². The van der Waals surface area contributed by atoms with Crippen LogP contribution in [0.25, 0.3) is 0 Å². The Kier molecular flexibility index (Phi) is 13.4. The van der Waals surface area contributed by atoms with Gasteiger partial charge in [0.1, 0.15) is 0 Å². The largest absolute Gasteiger partial charge is 0.466 e. The molecule has 0 aromatic heterocycles. The first kappa shape index (κ1) is 29.9. The van der Waals surface area contributed by atoms with E-state index in [2.05, 4.69) is 80.2 Å². The second-order valence-electron chi connectivity index (χ2n) is 9.64. The molecule has 0 radical (unpaired) electrons. The molecular formula is C34H40O2S2. The van der Waals surface area contributed by atoms with E-state index >= 15 is 0 Å². The molecule has 0 aliphatic carbocycles. The summed E-state index contributed by atoms with van der Waals surface area (Å²) < 4.78 is 6.32. The van der Waals surface area contributed by atoms with Gasteiger partial charge in [-0.25, -0.2) is 0 Å². The van der Waals surface area contributed by atoms with Gasteiger partial charge in [-0.05, 0) is 66.7 Å². The molecule has 2 atom stereocenters. The van der Waals surface area contributed by atoms with Crippen LogP contribution in [-0.4, -0.2) is 16.8 Å². The van der Waals surface area contributed by atoms with Gasteiger partial charge in [-0.1, -0.05) is 117 Å². The first-order valence-electron chi connectivity index (χ1n) is 13.8. The number of hydrogen-bond donors (Lipinski definition) is 0. The summed E-state index contributed by atoms with van der Waals surface area (Å²) in [5.41, 5.74) is 5.01. The van der Waals surface area contributed by atoms with E-state index in [9.17, 15) is 4.79 Å². The number of esters is 1. The SMILES string of the molecule is C=CCCc1ccc(C(CCCC(=O)OCCCC)CC(SC(=S)c2ccccc2)c2ccccc2)cc1. The number of thiocarbonyl (C=S) groups is 1. The van der Waals surface area contributed by atoms with Gasteiger partial charge in [-0.3, -0.25) is 4.79 Å². The first-order valence-corrected chi connectivity index (χ1v) is 15.1. The van der Waals surface area contributed by atoms with Gasteiger partial charge in [0.05, 0.1) is 10.8 Å². The molecule has 0 saturated heterocycles. The van der Waals surface area contributed by atoms with Crippen LogP contribution in [0.1, 0.15) is 85.3 Å². The van der Waals surface area contributed by atoms with Crippen molar-refractivity contribution in [1.82, 2.24) is 0 Å². The number of rotatable bonds is 16. The molecule has 38 heavy (non-hydrogen) atoms. The van der Waals surface area contributed by atoms with Crippen molar-refractivity contribution in [3.63, 3.8) is 0 Å². The number of aryl methyl sites for hydroxylation is 1.